The van der Waals surface area contributed by atoms with Crippen molar-refractivity contribution >= 4 is 0 Å². The van der Waals surface area contributed by atoms with Crippen molar-refractivity contribution in [2.45, 2.75) is 32.7 Å². The van der Waals surface area contributed by atoms with E-state index in [0.717, 1.165) is 19.4 Å². The van der Waals surface area contributed by atoms with E-state index in [0.29, 0.717) is 6.04 Å². The van der Waals surface area contributed by atoms with Crippen LogP contribution in [0.1, 0.15) is 24.5 Å². The Bertz CT molecular complexity index is 287. The summed E-state index contributed by atoms with van der Waals surface area (Å²) in [5.74, 6) is 0. The van der Waals surface area contributed by atoms with E-state index in [9.17, 15) is 0 Å². The molecule has 0 aromatic heterocycles. The molecule has 0 aliphatic rings. The molecule has 1 aromatic carbocycles. The smallest absolute Gasteiger partial charge is 0.0287 e. The summed E-state index contributed by atoms with van der Waals surface area (Å²) in [5, 5.41) is 3.46. The molecule has 1 unspecified atom stereocenters. The molecule has 15 heavy (non-hydrogen) atoms. The number of nitrogens with one attached hydrogen (secondary N) is 1. The molecule has 82 valence electrons. The highest BCUT2D eigenvalue weighted by Crippen LogP contribution is 2.06. The standard InChI is InChI=1S/C14H21N/c1-4-10-15-14(5-2)11-13-8-6-12(3)7-9-13/h5-9,14-15H,2,4,10-11H2,1,3H3. The molecular formula is C14H21N. The summed E-state index contributed by atoms with van der Waals surface area (Å²) in [6.07, 6.45) is 4.19. The van der Waals surface area contributed by atoms with Crippen molar-refractivity contribution in [1.29, 1.82) is 0 Å². The van der Waals surface area contributed by atoms with Crippen LogP contribution in [-0.4, -0.2) is 12.6 Å². The highest BCUT2D eigenvalue weighted by Gasteiger charge is 2.03. The van der Waals surface area contributed by atoms with Crippen LogP contribution in [0.4, 0.5) is 0 Å². The zero-order valence-corrected chi connectivity index (χ0v) is 9.79. The Kier molecular flexibility index (Phi) is 5.13. The molecule has 0 fully saturated rings. The Balaban J connectivity index is 2.50. The van der Waals surface area contributed by atoms with E-state index < -0.39 is 0 Å². The van der Waals surface area contributed by atoms with E-state index in [1.165, 1.54) is 11.1 Å². The SMILES string of the molecule is C=CC(Cc1ccc(C)cc1)NCCC. The summed E-state index contributed by atoms with van der Waals surface area (Å²) >= 11 is 0. The van der Waals surface area contributed by atoms with Gasteiger partial charge in [-0.05, 0) is 31.9 Å². The zero-order chi connectivity index (χ0) is 11.1. The molecule has 0 radical (unpaired) electrons. The molecule has 1 nitrogen and oxygen atoms in total. The lowest BCUT2D eigenvalue weighted by Crippen LogP contribution is -2.29. The molecule has 1 aromatic rings. The van der Waals surface area contributed by atoms with Gasteiger partial charge in [0.1, 0.15) is 0 Å². The summed E-state index contributed by atoms with van der Waals surface area (Å²) in [7, 11) is 0. The van der Waals surface area contributed by atoms with Gasteiger partial charge >= 0.3 is 0 Å². The van der Waals surface area contributed by atoms with Crippen LogP contribution in [-0.2, 0) is 6.42 Å². The van der Waals surface area contributed by atoms with Crippen LogP contribution in [0.5, 0.6) is 0 Å². The average molecular weight is 203 g/mol. The quantitative estimate of drug-likeness (QED) is 0.701. The molecule has 0 aliphatic heterocycles. The van der Waals surface area contributed by atoms with E-state index in [2.05, 4.69) is 50.0 Å². The molecule has 1 atom stereocenters. The van der Waals surface area contributed by atoms with Gasteiger partial charge < -0.3 is 5.32 Å². The summed E-state index contributed by atoms with van der Waals surface area (Å²) in [4.78, 5) is 0. The fraction of sp³-hybridized carbons (Fsp3) is 0.429. The van der Waals surface area contributed by atoms with Crippen LogP contribution in [0.15, 0.2) is 36.9 Å². The van der Waals surface area contributed by atoms with Gasteiger partial charge in [0, 0.05) is 6.04 Å². The minimum atomic E-state index is 0.396. The van der Waals surface area contributed by atoms with Crippen LogP contribution >= 0.6 is 0 Å². The van der Waals surface area contributed by atoms with Crippen molar-refractivity contribution in [2.75, 3.05) is 6.54 Å². The highest BCUT2D eigenvalue weighted by atomic mass is 14.9. The largest absolute Gasteiger partial charge is 0.310 e. The lowest BCUT2D eigenvalue weighted by atomic mass is 10.0. The van der Waals surface area contributed by atoms with Crippen molar-refractivity contribution in [3.63, 3.8) is 0 Å². The van der Waals surface area contributed by atoms with Gasteiger partial charge in [-0.15, -0.1) is 6.58 Å². The third kappa shape index (κ3) is 4.30. The molecule has 0 heterocycles. The van der Waals surface area contributed by atoms with Gasteiger partial charge in [0.15, 0.2) is 0 Å². The molecular weight excluding hydrogens is 182 g/mol. The fourth-order valence-corrected chi connectivity index (χ4v) is 1.55. The molecule has 0 bridgehead atoms. The number of hydrogen-bond donors (Lipinski definition) is 1. The molecule has 0 saturated carbocycles. The average Bonchev–Trinajstić information content (AvgIpc) is 2.27. The second kappa shape index (κ2) is 6.41. The van der Waals surface area contributed by atoms with E-state index in [-0.39, 0.29) is 0 Å². The van der Waals surface area contributed by atoms with Crippen molar-refractivity contribution in [3.8, 4) is 0 Å². The predicted octanol–water partition coefficient (Wildman–Crippen LogP) is 3.09. The van der Waals surface area contributed by atoms with Gasteiger partial charge in [-0.1, -0.05) is 42.8 Å². The number of benzene rings is 1. The molecule has 0 aliphatic carbocycles. The minimum absolute atomic E-state index is 0.396. The van der Waals surface area contributed by atoms with E-state index >= 15 is 0 Å². The topological polar surface area (TPSA) is 12.0 Å². The Morgan fingerprint density at radius 1 is 1.33 bits per heavy atom. The Morgan fingerprint density at radius 3 is 2.53 bits per heavy atom. The summed E-state index contributed by atoms with van der Waals surface area (Å²) in [6.45, 7) is 9.22. The second-order valence-electron chi connectivity index (χ2n) is 3.99. The molecule has 0 amide bonds. The van der Waals surface area contributed by atoms with Gasteiger partial charge in [-0.3, -0.25) is 0 Å². The van der Waals surface area contributed by atoms with Gasteiger partial charge in [0.05, 0.1) is 0 Å². The summed E-state index contributed by atoms with van der Waals surface area (Å²) in [5.41, 5.74) is 2.68. The maximum absolute atomic E-state index is 3.87. The molecule has 1 heteroatoms. The van der Waals surface area contributed by atoms with Crippen molar-refractivity contribution in [3.05, 3.63) is 48.0 Å². The summed E-state index contributed by atoms with van der Waals surface area (Å²) < 4.78 is 0. The molecule has 0 saturated heterocycles. The predicted molar refractivity (Wildman–Crippen MR) is 67.2 cm³/mol. The number of hydrogen-bond acceptors (Lipinski definition) is 1. The minimum Gasteiger partial charge on any atom is -0.310 e. The Hall–Kier alpha value is -1.08. The van der Waals surface area contributed by atoms with Crippen LogP contribution < -0.4 is 5.32 Å². The fourth-order valence-electron chi connectivity index (χ4n) is 1.55. The van der Waals surface area contributed by atoms with Gasteiger partial charge in [-0.25, -0.2) is 0 Å². The lowest BCUT2D eigenvalue weighted by Gasteiger charge is -2.14. The van der Waals surface area contributed by atoms with Crippen molar-refractivity contribution in [2.24, 2.45) is 0 Å². The van der Waals surface area contributed by atoms with Gasteiger partial charge in [0.2, 0.25) is 0 Å². The van der Waals surface area contributed by atoms with E-state index in [1.54, 1.807) is 0 Å². The van der Waals surface area contributed by atoms with Gasteiger partial charge in [0.25, 0.3) is 0 Å². The second-order valence-corrected chi connectivity index (χ2v) is 3.99. The Morgan fingerprint density at radius 2 is 2.00 bits per heavy atom. The Labute approximate surface area is 93.2 Å². The van der Waals surface area contributed by atoms with Crippen LogP contribution in [0, 0.1) is 6.92 Å². The van der Waals surface area contributed by atoms with Crippen LogP contribution in [0.25, 0.3) is 0 Å². The monoisotopic (exact) mass is 203 g/mol. The first-order valence-electron chi connectivity index (χ1n) is 5.67. The van der Waals surface area contributed by atoms with E-state index in [1.807, 2.05) is 6.08 Å². The third-order valence-corrected chi connectivity index (χ3v) is 2.52. The summed E-state index contributed by atoms with van der Waals surface area (Å²) in [6, 6.07) is 9.11. The van der Waals surface area contributed by atoms with Gasteiger partial charge in [-0.2, -0.15) is 0 Å². The first-order chi connectivity index (χ1) is 7.26. The molecule has 1 N–H and O–H groups in total. The first-order valence-corrected chi connectivity index (χ1v) is 5.67. The van der Waals surface area contributed by atoms with Crippen molar-refractivity contribution < 1.29 is 0 Å². The molecule has 1 rings (SSSR count). The van der Waals surface area contributed by atoms with Crippen LogP contribution in [0.2, 0.25) is 0 Å². The van der Waals surface area contributed by atoms with Crippen molar-refractivity contribution in [1.82, 2.24) is 5.32 Å². The third-order valence-electron chi connectivity index (χ3n) is 2.52. The van der Waals surface area contributed by atoms with E-state index in [4.69, 9.17) is 0 Å². The normalized spacial score (nSPS) is 12.4. The zero-order valence-electron chi connectivity index (χ0n) is 9.79. The first kappa shape index (κ1) is 12.0. The number of aryl methyl sites for hydroxylation is 1. The highest BCUT2D eigenvalue weighted by molar-refractivity contribution is 5.22. The number of rotatable bonds is 6. The molecule has 0 spiro atoms. The van der Waals surface area contributed by atoms with Crippen LogP contribution in [0.3, 0.4) is 0 Å². The maximum Gasteiger partial charge on any atom is 0.0287 e. The lowest BCUT2D eigenvalue weighted by molar-refractivity contribution is 0.585. The maximum atomic E-state index is 3.87.